The van der Waals surface area contributed by atoms with E-state index >= 15 is 0 Å². The van der Waals surface area contributed by atoms with Crippen molar-refractivity contribution >= 4 is 27.5 Å². The van der Waals surface area contributed by atoms with Crippen molar-refractivity contribution in [1.82, 2.24) is 10.2 Å². The molecule has 0 aliphatic carbocycles. The zero-order valence-corrected chi connectivity index (χ0v) is 24.4. The number of amides is 2. The van der Waals surface area contributed by atoms with Crippen molar-refractivity contribution in [3.05, 3.63) is 132 Å². The second kappa shape index (κ2) is 13.9. The maximum Gasteiger partial charge on any atom is 0.264 e. The van der Waals surface area contributed by atoms with E-state index in [4.69, 9.17) is 0 Å². The Balaban J connectivity index is 1.77. The summed E-state index contributed by atoms with van der Waals surface area (Å²) in [5, 5.41) is 2.64. The van der Waals surface area contributed by atoms with Crippen molar-refractivity contribution in [1.29, 1.82) is 0 Å². The first-order valence-corrected chi connectivity index (χ1v) is 15.1. The molecule has 218 valence electrons. The van der Waals surface area contributed by atoms with Gasteiger partial charge in [-0.1, -0.05) is 79.7 Å². The minimum absolute atomic E-state index is 0.0297. The predicted octanol–water partition coefficient (Wildman–Crippen LogP) is 4.97. The number of hydrogen-bond donors (Lipinski definition) is 1. The van der Waals surface area contributed by atoms with E-state index in [-0.39, 0.29) is 17.9 Å². The topological polar surface area (TPSA) is 86.8 Å². The molecule has 0 aliphatic rings. The number of carbonyl (C=O) groups excluding carboxylic acids is 2. The molecule has 0 saturated carbocycles. The van der Waals surface area contributed by atoms with Crippen molar-refractivity contribution in [2.75, 3.05) is 17.9 Å². The van der Waals surface area contributed by atoms with Crippen LogP contribution in [0.5, 0.6) is 0 Å². The lowest BCUT2D eigenvalue weighted by molar-refractivity contribution is -0.139. The molecule has 0 aliphatic heterocycles. The van der Waals surface area contributed by atoms with Crippen molar-refractivity contribution in [3.63, 3.8) is 0 Å². The van der Waals surface area contributed by atoms with Gasteiger partial charge in [-0.25, -0.2) is 12.8 Å². The number of carbonyl (C=O) groups is 2. The summed E-state index contributed by atoms with van der Waals surface area (Å²) in [6.45, 7) is 1.42. The quantitative estimate of drug-likeness (QED) is 0.254. The monoisotopic (exact) mass is 587 g/mol. The van der Waals surface area contributed by atoms with Gasteiger partial charge in [0, 0.05) is 20.0 Å². The Morgan fingerprint density at radius 3 is 1.93 bits per heavy atom. The zero-order valence-electron chi connectivity index (χ0n) is 23.6. The number of benzene rings is 4. The van der Waals surface area contributed by atoms with E-state index in [0.29, 0.717) is 11.3 Å². The van der Waals surface area contributed by atoms with Gasteiger partial charge in [0.2, 0.25) is 11.8 Å². The van der Waals surface area contributed by atoms with Gasteiger partial charge in [-0.05, 0) is 59.5 Å². The summed E-state index contributed by atoms with van der Waals surface area (Å²) < 4.78 is 42.6. The van der Waals surface area contributed by atoms with E-state index in [1.807, 2.05) is 49.4 Å². The minimum Gasteiger partial charge on any atom is -0.357 e. The van der Waals surface area contributed by atoms with Crippen LogP contribution in [0.15, 0.2) is 114 Å². The van der Waals surface area contributed by atoms with Crippen molar-refractivity contribution in [3.8, 4) is 0 Å². The van der Waals surface area contributed by atoms with E-state index in [2.05, 4.69) is 5.32 Å². The molecule has 2 amide bonds. The van der Waals surface area contributed by atoms with Crippen LogP contribution < -0.4 is 9.62 Å². The molecule has 0 spiro atoms. The maximum absolute atomic E-state index is 14.2. The summed E-state index contributed by atoms with van der Waals surface area (Å²) in [5.74, 6) is -1.42. The molecular weight excluding hydrogens is 553 g/mol. The molecule has 0 aromatic heterocycles. The summed E-state index contributed by atoms with van der Waals surface area (Å²) in [6.07, 6.45) is 0.966. The number of anilines is 1. The lowest BCUT2D eigenvalue weighted by Gasteiger charge is -2.33. The van der Waals surface area contributed by atoms with Crippen LogP contribution in [0.25, 0.3) is 0 Å². The fraction of sp³-hybridized carbons (Fsp3) is 0.212. The summed E-state index contributed by atoms with van der Waals surface area (Å²) in [6, 6.07) is 28.9. The van der Waals surface area contributed by atoms with Gasteiger partial charge in [-0.2, -0.15) is 0 Å². The van der Waals surface area contributed by atoms with E-state index in [1.165, 1.54) is 36.2 Å². The number of nitrogens with one attached hydrogen (secondary N) is 1. The third-order valence-electron chi connectivity index (χ3n) is 7.03. The molecule has 4 aromatic rings. The highest BCUT2D eigenvalue weighted by atomic mass is 32.2. The van der Waals surface area contributed by atoms with Gasteiger partial charge in [0.25, 0.3) is 10.0 Å². The van der Waals surface area contributed by atoms with Gasteiger partial charge in [0.1, 0.15) is 18.4 Å². The summed E-state index contributed by atoms with van der Waals surface area (Å²) in [4.78, 5) is 28.9. The lowest BCUT2D eigenvalue weighted by Crippen LogP contribution is -2.53. The van der Waals surface area contributed by atoms with Gasteiger partial charge in [-0.15, -0.1) is 0 Å². The van der Waals surface area contributed by atoms with Crippen LogP contribution in [-0.2, 0) is 39.0 Å². The number of likely N-dealkylation sites (N-methyl/N-ethyl adjacent to an activating group) is 1. The number of hydrogen-bond acceptors (Lipinski definition) is 4. The lowest BCUT2D eigenvalue weighted by atomic mass is 10.0. The highest BCUT2D eigenvalue weighted by molar-refractivity contribution is 7.92. The third kappa shape index (κ3) is 7.41. The molecule has 1 unspecified atom stereocenters. The molecule has 1 atom stereocenters. The van der Waals surface area contributed by atoms with Gasteiger partial charge in [0.05, 0.1) is 10.6 Å². The van der Waals surface area contributed by atoms with Gasteiger partial charge in [0.15, 0.2) is 0 Å². The summed E-state index contributed by atoms with van der Waals surface area (Å²) >= 11 is 0. The molecule has 4 aromatic carbocycles. The smallest absolute Gasteiger partial charge is 0.264 e. The Kier molecular flexibility index (Phi) is 10.1. The molecule has 7 nitrogen and oxygen atoms in total. The van der Waals surface area contributed by atoms with E-state index in [9.17, 15) is 22.4 Å². The average Bonchev–Trinajstić information content (AvgIpc) is 3.03. The number of rotatable bonds is 12. The highest BCUT2D eigenvalue weighted by Gasteiger charge is 2.34. The van der Waals surface area contributed by atoms with Crippen LogP contribution in [0.3, 0.4) is 0 Å². The van der Waals surface area contributed by atoms with Crippen LogP contribution in [0.2, 0.25) is 0 Å². The number of halogens is 1. The molecule has 0 heterocycles. The average molecular weight is 588 g/mol. The third-order valence-corrected chi connectivity index (χ3v) is 8.81. The van der Waals surface area contributed by atoms with Crippen molar-refractivity contribution in [2.24, 2.45) is 0 Å². The molecule has 0 radical (unpaired) electrons. The molecule has 0 fully saturated rings. The Morgan fingerprint density at radius 2 is 1.36 bits per heavy atom. The van der Waals surface area contributed by atoms with Gasteiger partial charge < -0.3 is 10.2 Å². The first-order chi connectivity index (χ1) is 20.2. The van der Waals surface area contributed by atoms with Gasteiger partial charge >= 0.3 is 0 Å². The molecular formula is C33H34FN3O4S. The fourth-order valence-corrected chi connectivity index (χ4v) is 6.09. The summed E-state index contributed by atoms with van der Waals surface area (Å²) in [5.41, 5.74) is 2.76. The molecule has 9 heteroatoms. The van der Waals surface area contributed by atoms with E-state index < -0.39 is 40.2 Å². The second-order valence-corrected chi connectivity index (χ2v) is 11.7. The Hall–Kier alpha value is -4.50. The number of sulfonamides is 1. The van der Waals surface area contributed by atoms with Crippen LogP contribution >= 0.6 is 0 Å². The predicted molar refractivity (Wildman–Crippen MR) is 162 cm³/mol. The number of nitrogens with zero attached hydrogens (tertiary/aromatic N) is 2. The first-order valence-electron chi connectivity index (χ1n) is 13.7. The molecule has 0 saturated heterocycles. The van der Waals surface area contributed by atoms with Gasteiger partial charge in [-0.3, -0.25) is 13.9 Å². The molecule has 42 heavy (non-hydrogen) atoms. The van der Waals surface area contributed by atoms with Crippen LogP contribution in [0.1, 0.15) is 23.6 Å². The first kappa shape index (κ1) is 30.5. The largest absolute Gasteiger partial charge is 0.357 e. The van der Waals surface area contributed by atoms with Crippen LogP contribution in [0, 0.1) is 5.82 Å². The second-order valence-electron chi connectivity index (χ2n) is 9.81. The fourth-order valence-electron chi connectivity index (χ4n) is 4.65. The van der Waals surface area contributed by atoms with Crippen molar-refractivity contribution < 1.29 is 22.4 Å². The van der Waals surface area contributed by atoms with E-state index in [0.717, 1.165) is 21.9 Å². The van der Waals surface area contributed by atoms with E-state index in [1.54, 1.807) is 42.5 Å². The Morgan fingerprint density at radius 1 is 0.786 bits per heavy atom. The Labute approximate surface area is 246 Å². The van der Waals surface area contributed by atoms with Crippen LogP contribution in [-0.4, -0.2) is 44.8 Å². The molecule has 4 rings (SSSR count). The zero-order chi connectivity index (χ0) is 30.1. The molecule has 1 N–H and O–H groups in total. The highest BCUT2D eigenvalue weighted by Crippen LogP contribution is 2.25. The molecule has 0 bridgehead atoms. The normalized spacial score (nSPS) is 11.9. The Bertz CT molecular complexity index is 1580. The van der Waals surface area contributed by atoms with Crippen LogP contribution in [0.4, 0.5) is 10.1 Å². The standard InChI is InChI=1S/C33H34FN3O4S/c1-3-25-16-20-29(21-17-25)37(42(40,41)30-12-8-5-9-13-30)24-32(38)36(23-27-14-18-28(34)19-15-27)31(33(39)35-2)22-26-10-6-4-7-11-26/h4-21,31H,3,22-24H2,1-2H3,(H,35,39). The SMILES string of the molecule is CCc1ccc(N(CC(=O)N(Cc2ccc(F)cc2)C(Cc2ccccc2)C(=O)NC)S(=O)(=O)c2ccccc2)cc1. The van der Waals surface area contributed by atoms with Crippen molar-refractivity contribution in [2.45, 2.75) is 37.2 Å². The summed E-state index contributed by atoms with van der Waals surface area (Å²) in [7, 11) is -2.67. The maximum atomic E-state index is 14.2. The minimum atomic E-state index is -4.16. The number of aryl methyl sites for hydroxylation is 1.